The molecule has 1 aliphatic heterocycles. The Morgan fingerprint density at radius 2 is 1.96 bits per heavy atom. The van der Waals surface area contributed by atoms with Crippen molar-refractivity contribution in [2.24, 2.45) is 5.92 Å². The van der Waals surface area contributed by atoms with Gasteiger partial charge in [0.05, 0.1) is 12.5 Å². The molecule has 8 heteroatoms. The van der Waals surface area contributed by atoms with Crippen molar-refractivity contribution in [1.82, 2.24) is 15.5 Å². The summed E-state index contributed by atoms with van der Waals surface area (Å²) in [6.45, 7) is 3.57. The van der Waals surface area contributed by atoms with Crippen LogP contribution in [0.3, 0.4) is 0 Å². The average molecular weight is 329 g/mol. The van der Waals surface area contributed by atoms with Crippen LogP contribution < -0.4 is 10.6 Å². The quantitative estimate of drug-likeness (QED) is 0.560. The summed E-state index contributed by atoms with van der Waals surface area (Å²) in [5.74, 6) is -1.15. The largest absolute Gasteiger partial charge is 0.481 e. The van der Waals surface area contributed by atoms with Gasteiger partial charge in [-0.05, 0) is 26.2 Å². The first-order valence-electron chi connectivity index (χ1n) is 7.98. The maximum absolute atomic E-state index is 12.2. The lowest BCUT2D eigenvalue weighted by Crippen LogP contribution is -2.53. The number of aliphatic carboxylic acids is 1. The van der Waals surface area contributed by atoms with Crippen LogP contribution in [0.1, 0.15) is 32.6 Å². The minimum atomic E-state index is -0.876. The van der Waals surface area contributed by atoms with Crippen molar-refractivity contribution >= 4 is 17.9 Å². The third-order valence-corrected chi connectivity index (χ3v) is 3.96. The average Bonchev–Trinajstić information content (AvgIpc) is 2.51. The van der Waals surface area contributed by atoms with Crippen molar-refractivity contribution in [1.29, 1.82) is 0 Å². The molecule has 0 spiro atoms. The Hall–Kier alpha value is -1.83. The van der Waals surface area contributed by atoms with Gasteiger partial charge in [0.15, 0.2) is 0 Å². The number of carbonyl (C=O) groups is 3. The molecular formula is C15H27N3O5. The van der Waals surface area contributed by atoms with E-state index in [0.29, 0.717) is 32.7 Å². The Balaban J connectivity index is 2.42. The van der Waals surface area contributed by atoms with Crippen molar-refractivity contribution in [3.63, 3.8) is 0 Å². The van der Waals surface area contributed by atoms with E-state index in [-0.39, 0.29) is 30.3 Å². The number of piperidine rings is 1. The van der Waals surface area contributed by atoms with Gasteiger partial charge < -0.3 is 25.4 Å². The highest BCUT2D eigenvalue weighted by molar-refractivity contribution is 5.81. The molecule has 1 saturated heterocycles. The van der Waals surface area contributed by atoms with E-state index in [1.54, 1.807) is 12.0 Å². The second kappa shape index (κ2) is 10.0. The summed E-state index contributed by atoms with van der Waals surface area (Å²) in [4.78, 5) is 36.4. The summed E-state index contributed by atoms with van der Waals surface area (Å²) >= 11 is 0. The number of carboxylic acid groups (broad SMARTS) is 1. The molecule has 2 atom stereocenters. The van der Waals surface area contributed by atoms with E-state index in [0.717, 1.165) is 12.8 Å². The topological polar surface area (TPSA) is 108 Å². The van der Waals surface area contributed by atoms with Crippen molar-refractivity contribution < 1.29 is 24.2 Å². The number of nitrogens with zero attached hydrogens (tertiary/aromatic N) is 1. The van der Waals surface area contributed by atoms with E-state index in [9.17, 15) is 14.4 Å². The monoisotopic (exact) mass is 329 g/mol. The molecule has 0 bridgehead atoms. The highest BCUT2D eigenvalue weighted by atomic mass is 16.5. The predicted molar refractivity (Wildman–Crippen MR) is 84.0 cm³/mol. The number of ether oxygens (including phenoxy) is 1. The van der Waals surface area contributed by atoms with Gasteiger partial charge in [-0.3, -0.25) is 9.59 Å². The summed E-state index contributed by atoms with van der Waals surface area (Å²) in [5.41, 5.74) is 0. The molecule has 132 valence electrons. The van der Waals surface area contributed by atoms with Gasteiger partial charge in [0.25, 0.3) is 0 Å². The van der Waals surface area contributed by atoms with Gasteiger partial charge >= 0.3 is 12.0 Å². The van der Waals surface area contributed by atoms with Gasteiger partial charge in [0, 0.05) is 39.2 Å². The van der Waals surface area contributed by atoms with Crippen LogP contribution in [0.25, 0.3) is 0 Å². The van der Waals surface area contributed by atoms with Crippen LogP contribution in [0.5, 0.6) is 0 Å². The molecule has 1 rings (SSSR count). The number of carboxylic acids is 1. The third-order valence-electron chi connectivity index (χ3n) is 3.96. The summed E-state index contributed by atoms with van der Waals surface area (Å²) in [7, 11) is 1.57. The summed E-state index contributed by atoms with van der Waals surface area (Å²) < 4.78 is 4.90. The molecule has 1 fully saturated rings. The second-order valence-electron chi connectivity index (χ2n) is 5.79. The molecule has 8 nitrogen and oxygen atoms in total. The highest BCUT2D eigenvalue weighted by Crippen LogP contribution is 2.22. The summed E-state index contributed by atoms with van der Waals surface area (Å²) in [5, 5.41) is 14.1. The molecule has 0 aromatic rings. The Morgan fingerprint density at radius 3 is 2.61 bits per heavy atom. The summed E-state index contributed by atoms with van der Waals surface area (Å²) in [6.07, 6.45) is 1.94. The maximum atomic E-state index is 12.2. The molecule has 1 aliphatic rings. The van der Waals surface area contributed by atoms with Crippen molar-refractivity contribution in [3.05, 3.63) is 0 Å². The predicted octanol–water partition coefficient (Wildman–Crippen LogP) is 0.424. The van der Waals surface area contributed by atoms with E-state index in [2.05, 4.69) is 10.6 Å². The van der Waals surface area contributed by atoms with Gasteiger partial charge in [0.2, 0.25) is 5.91 Å². The number of amides is 3. The zero-order valence-corrected chi connectivity index (χ0v) is 13.8. The molecule has 2 unspecified atom stereocenters. The molecule has 3 amide bonds. The first-order chi connectivity index (χ1) is 11.0. The van der Waals surface area contributed by atoms with Gasteiger partial charge in [-0.1, -0.05) is 0 Å². The van der Waals surface area contributed by atoms with E-state index in [1.165, 1.54) is 0 Å². The number of carbonyl (C=O) groups excluding carboxylic acids is 2. The lowest BCUT2D eigenvalue weighted by molar-refractivity contribution is -0.137. The molecule has 0 aromatic heterocycles. The van der Waals surface area contributed by atoms with E-state index >= 15 is 0 Å². The number of urea groups is 1. The smallest absolute Gasteiger partial charge is 0.317 e. The van der Waals surface area contributed by atoms with Crippen LogP contribution in [0.4, 0.5) is 4.79 Å². The van der Waals surface area contributed by atoms with Gasteiger partial charge in [0.1, 0.15) is 0 Å². The normalized spacial score (nSPS) is 20.9. The van der Waals surface area contributed by atoms with Crippen LogP contribution >= 0.6 is 0 Å². The maximum Gasteiger partial charge on any atom is 0.317 e. The fourth-order valence-electron chi connectivity index (χ4n) is 2.56. The number of rotatable bonds is 8. The third kappa shape index (κ3) is 6.85. The standard InChI is InChI=1S/C15H27N3O5/c1-11-5-6-12(14(21)16-8-9-23-2)10-18(11)15(22)17-7-3-4-13(19)20/h11-12H,3-10H2,1-2H3,(H,16,21)(H,17,22)(H,19,20). The van der Waals surface area contributed by atoms with Crippen molar-refractivity contribution in [2.75, 3.05) is 33.4 Å². The number of methoxy groups -OCH3 is 1. The molecule has 0 saturated carbocycles. The molecular weight excluding hydrogens is 302 g/mol. The van der Waals surface area contributed by atoms with Gasteiger partial charge in [-0.2, -0.15) is 0 Å². The lowest BCUT2D eigenvalue weighted by Gasteiger charge is -2.37. The van der Waals surface area contributed by atoms with E-state index in [1.807, 2.05) is 6.92 Å². The van der Waals surface area contributed by atoms with Gasteiger partial charge in [-0.25, -0.2) is 4.79 Å². The molecule has 0 radical (unpaired) electrons. The van der Waals surface area contributed by atoms with Crippen LogP contribution in [0.15, 0.2) is 0 Å². The Kier molecular flexibility index (Phi) is 8.39. The van der Waals surface area contributed by atoms with Crippen LogP contribution in [-0.2, 0) is 14.3 Å². The highest BCUT2D eigenvalue weighted by Gasteiger charge is 2.32. The summed E-state index contributed by atoms with van der Waals surface area (Å²) in [6, 6.07) is -0.172. The fraction of sp³-hybridized carbons (Fsp3) is 0.800. The van der Waals surface area contributed by atoms with Gasteiger partial charge in [-0.15, -0.1) is 0 Å². The zero-order chi connectivity index (χ0) is 17.2. The first-order valence-corrected chi connectivity index (χ1v) is 7.98. The molecule has 0 aliphatic carbocycles. The minimum Gasteiger partial charge on any atom is -0.481 e. The van der Waals surface area contributed by atoms with E-state index in [4.69, 9.17) is 9.84 Å². The zero-order valence-electron chi connectivity index (χ0n) is 13.8. The number of hydrogen-bond donors (Lipinski definition) is 3. The van der Waals surface area contributed by atoms with Crippen molar-refractivity contribution in [3.8, 4) is 0 Å². The van der Waals surface area contributed by atoms with Crippen molar-refractivity contribution in [2.45, 2.75) is 38.6 Å². The Labute approximate surface area is 136 Å². The molecule has 23 heavy (non-hydrogen) atoms. The minimum absolute atomic E-state index is 0.0281. The Bertz CT molecular complexity index is 416. The SMILES string of the molecule is COCCNC(=O)C1CCC(C)N(C(=O)NCCCC(=O)O)C1. The van der Waals surface area contributed by atoms with Crippen LogP contribution in [-0.4, -0.2) is 67.3 Å². The first kappa shape index (κ1) is 19.2. The number of likely N-dealkylation sites (tertiary alicyclic amines) is 1. The lowest BCUT2D eigenvalue weighted by atomic mass is 9.93. The van der Waals surface area contributed by atoms with E-state index < -0.39 is 5.97 Å². The molecule has 1 heterocycles. The molecule has 3 N–H and O–H groups in total. The second-order valence-corrected chi connectivity index (χ2v) is 5.79. The fourth-order valence-corrected chi connectivity index (χ4v) is 2.56. The van der Waals surface area contributed by atoms with Crippen LogP contribution in [0.2, 0.25) is 0 Å². The Morgan fingerprint density at radius 1 is 1.22 bits per heavy atom. The number of hydrogen-bond acceptors (Lipinski definition) is 4. The number of nitrogens with one attached hydrogen (secondary N) is 2. The molecule has 0 aromatic carbocycles. The van der Waals surface area contributed by atoms with Crippen LogP contribution in [0, 0.1) is 5.92 Å².